The van der Waals surface area contributed by atoms with E-state index >= 15 is 0 Å². The van der Waals surface area contributed by atoms with Gasteiger partial charge in [-0.25, -0.2) is 0 Å². The lowest BCUT2D eigenvalue weighted by Crippen LogP contribution is -2.24. The fourth-order valence-electron chi connectivity index (χ4n) is 1.29. The Morgan fingerprint density at radius 1 is 1.50 bits per heavy atom. The van der Waals surface area contributed by atoms with Crippen LogP contribution < -0.4 is 0 Å². The molecular weight excluding hydrogens is 178 g/mol. The maximum Gasteiger partial charge on any atom is 0.186 e. The number of carbonyl (C=O) groups excluding carboxylic acids is 1. The molecule has 3 nitrogen and oxygen atoms in total. The molecule has 3 heteroatoms. The largest absolute Gasteiger partial charge is 0.396 e. The minimum Gasteiger partial charge on any atom is -0.396 e. The molecule has 0 aliphatic carbocycles. The molecule has 1 heterocycles. The van der Waals surface area contributed by atoms with Gasteiger partial charge in [0.25, 0.3) is 0 Å². The Bertz CT molecular complexity index is 295. The molecule has 0 spiro atoms. The average Bonchev–Trinajstić information content (AvgIpc) is 2.19. The van der Waals surface area contributed by atoms with Gasteiger partial charge in [-0.1, -0.05) is 19.9 Å². The van der Waals surface area contributed by atoms with E-state index in [9.17, 15) is 4.79 Å². The van der Waals surface area contributed by atoms with Crippen molar-refractivity contribution in [3.63, 3.8) is 0 Å². The molecule has 1 rings (SSSR count). The Hall–Kier alpha value is -1.22. The van der Waals surface area contributed by atoms with E-state index in [1.807, 2.05) is 13.8 Å². The van der Waals surface area contributed by atoms with E-state index in [2.05, 4.69) is 4.98 Å². The standard InChI is InChI=1S/C11H15NO2/c1-8(2)9(7-13)11(14)10-5-3-4-6-12-10/h3-6,8-9,13H,7H2,1-2H3. The van der Waals surface area contributed by atoms with Gasteiger partial charge in [0.05, 0.1) is 6.61 Å². The van der Waals surface area contributed by atoms with Crippen LogP contribution in [-0.4, -0.2) is 22.5 Å². The first-order chi connectivity index (χ1) is 6.66. The maximum absolute atomic E-state index is 11.8. The molecule has 0 aromatic carbocycles. The minimum atomic E-state index is -0.343. The van der Waals surface area contributed by atoms with Gasteiger partial charge in [-0.3, -0.25) is 9.78 Å². The summed E-state index contributed by atoms with van der Waals surface area (Å²) in [6.45, 7) is 3.72. The van der Waals surface area contributed by atoms with E-state index in [4.69, 9.17) is 5.11 Å². The number of hydrogen-bond acceptors (Lipinski definition) is 3. The van der Waals surface area contributed by atoms with Crippen molar-refractivity contribution >= 4 is 5.78 Å². The first-order valence-corrected chi connectivity index (χ1v) is 4.73. The Labute approximate surface area is 83.8 Å². The van der Waals surface area contributed by atoms with Crippen molar-refractivity contribution in [3.8, 4) is 0 Å². The van der Waals surface area contributed by atoms with Gasteiger partial charge in [-0.2, -0.15) is 0 Å². The molecule has 76 valence electrons. The topological polar surface area (TPSA) is 50.2 Å². The van der Waals surface area contributed by atoms with Crippen LogP contribution in [0.2, 0.25) is 0 Å². The van der Waals surface area contributed by atoms with Gasteiger partial charge in [-0.15, -0.1) is 0 Å². The molecule has 1 aromatic heterocycles. The van der Waals surface area contributed by atoms with Crippen molar-refractivity contribution in [2.24, 2.45) is 11.8 Å². The number of aliphatic hydroxyl groups excluding tert-OH is 1. The molecule has 0 saturated carbocycles. The van der Waals surface area contributed by atoms with Crippen LogP contribution in [0, 0.1) is 11.8 Å². The summed E-state index contributed by atoms with van der Waals surface area (Å²) in [5, 5.41) is 9.08. The lowest BCUT2D eigenvalue weighted by atomic mass is 9.90. The number of nitrogens with zero attached hydrogens (tertiary/aromatic N) is 1. The van der Waals surface area contributed by atoms with Crippen molar-refractivity contribution < 1.29 is 9.90 Å². The minimum absolute atomic E-state index is 0.0805. The summed E-state index contributed by atoms with van der Waals surface area (Å²) >= 11 is 0. The Morgan fingerprint density at radius 2 is 2.21 bits per heavy atom. The van der Waals surface area contributed by atoms with E-state index in [0.717, 1.165) is 0 Å². The van der Waals surface area contributed by atoms with Crippen molar-refractivity contribution in [1.29, 1.82) is 0 Å². The quantitative estimate of drug-likeness (QED) is 0.738. The fraction of sp³-hybridized carbons (Fsp3) is 0.455. The summed E-state index contributed by atoms with van der Waals surface area (Å²) in [6, 6.07) is 5.21. The molecule has 1 unspecified atom stereocenters. The Balaban J connectivity index is 2.84. The molecule has 14 heavy (non-hydrogen) atoms. The maximum atomic E-state index is 11.8. The van der Waals surface area contributed by atoms with E-state index in [0.29, 0.717) is 5.69 Å². The zero-order chi connectivity index (χ0) is 10.6. The SMILES string of the molecule is CC(C)C(CO)C(=O)c1ccccn1. The van der Waals surface area contributed by atoms with Crippen LogP contribution >= 0.6 is 0 Å². The normalized spacial score (nSPS) is 12.9. The molecule has 0 bridgehead atoms. The highest BCUT2D eigenvalue weighted by molar-refractivity contribution is 5.96. The van der Waals surface area contributed by atoms with Crippen LogP contribution in [0.25, 0.3) is 0 Å². The summed E-state index contributed by atoms with van der Waals surface area (Å²) in [4.78, 5) is 15.8. The Morgan fingerprint density at radius 3 is 2.64 bits per heavy atom. The third-order valence-corrected chi connectivity index (χ3v) is 2.26. The average molecular weight is 193 g/mol. The Kier molecular flexibility index (Phi) is 3.77. The number of aromatic nitrogens is 1. The second-order valence-electron chi connectivity index (χ2n) is 3.61. The first-order valence-electron chi connectivity index (χ1n) is 4.73. The smallest absolute Gasteiger partial charge is 0.186 e. The van der Waals surface area contributed by atoms with Crippen molar-refractivity contribution in [2.45, 2.75) is 13.8 Å². The van der Waals surface area contributed by atoms with Gasteiger partial charge in [0.2, 0.25) is 0 Å². The molecule has 0 amide bonds. The van der Waals surface area contributed by atoms with E-state index in [1.165, 1.54) is 0 Å². The van der Waals surface area contributed by atoms with Gasteiger partial charge in [-0.05, 0) is 18.1 Å². The first kappa shape index (κ1) is 10.9. The summed E-state index contributed by atoms with van der Waals surface area (Å²) in [7, 11) is 0. The van der Waals surface area contributed by atoms with Crippen LogP contribution in [0.1, 0.15) is 24.3 Å². The summed E-state index contributed by atoms with van der Waals surface area (Å²) in [5.74, 6) is -0.289. The fourth-order valence-corrected chi connectivity index (χ4v) is 1.29. The lowest BCUT2D eigenvalue weighted by Gasteiger charge is -2.15. The number of carbonyl (C=O) groups is 1. The molecule has 0 aliphatic rings. The summed E-state index contributed by atoms with van der Waals surface area (Å²) < 4.78 is 0. The highest BCUT2D eigenvalue weighted by atomic mass is 16.3. The van der Waals surface area contributed by atoms with E-state index in [1.54, 1.807) is 24.4 Å². The summed E-state index contributed by atoms with van der Waals surface area (Å²) in [5.41, 5.74) is 0.431. The number of rotatable bonds is 4. The molecule has 0 radical (unpaired) electrons. The zero-order valence-electron chi connectivity index (χ0n) is 8.47. The van der Waals surface area contributed by atoms with Gasteiger partial charge in [0.1, 0.15) is 5.69 Å². The number of ketones is 1. The van der Waals surface area contributed by atoms with Crippen molar-refractivity contribution in [2.75, 3.05) is 6.61 Å². The van der Waals surface area contributed by atoms with Crippen molar-refractivity contribution in [1.82, 2.24) is 4.98 Å². The molecule has 1 aromatic rings. The van der Waals surface area contributed by atoms with Gasteiger partial charge >= 0.3 is 0 Å². The third kappa shape index (κ3) is 2.39. The van der Waals surface area contributed by atoms with Crippen LogP contribution in [-0.2, 0) is 0 Å². The van der Waals surface area contributed by atoms with Gasteiger partial charge in [0.15, 0.2) is 5.78 Å². The third-order valence-electron chi connectivity index (χ3n) is 2.26. The lowest BCUT2D eigenvalue weighted by molar-refractivity contribution is 0.0801. The molecular formula is C11H15NO2. The number of pyridine rings is 1. The van der Waals surface area contributed by atoms with Crippen LogP contribution in [0.15, 0.2) is 24.4 Å². The predicted molar refractivity (Wildman–Crippen MR) is 54.0 cm³/mol. The van der Waals surface area contributed by atoms with Crippen LogP contribution in [0.3, 0.4) is 0 Å². The highest BCUT2D eigenvalue weighted by Gasteiger charge is 2.23. The summed E-state index contributed by atoms with van der Waals surface area (Å²) in [6.07, 6.45) is 1.59. The molecule has 1 N–H and O–H groups in total. The van der Waals surface area contributed by atoms with Crippen LogP contribution in [0.5, 0.6) is 0 Å². The molecule has 0 fully saturated rings. The molecule has 0 aliphatic heterocycles. The monoisotopic (exact) mass is 193 g/mol. The van der Waals surface area contributed by atoms with E-state index in [-0.39, 0.29) is 24.2 Å². The van der Waals surface area contributed by atoms with Crippen LogP contribution in [0.4, 0.5) is 0 Å². The van der Waals surface area contributed by atoms with Gasteiger partial charge in [0, 0.05) is 12.1 Å². The predicted octanol–water partition coefficient (Wildman–Crippen LogP) is 1.53. The zero-order valence-corrected chi connectivity index (χ0v) is 8.47. The van der Waals surface area contributed by atoms with E-state index < -0.39 is 0 Å². The van der Waals surface area contributed by atoms with Gasteiger partial charge < -0.3 is 5.11 Å². The second-order valence-corrected chi connectivity index (χ2v) is 3.61. The second kappa shape index (κ2) is 4.86. The molecule has 1 atom stereocenters. The van der Waals surface area contributed by atoms with Crippen molar-refractivity contribution in [3.05, 3.63) is 30.1 Å². The molecule has 0 saturated heterocycles. The number of hydrogen-bond donors (Lipinski definition) is 1. The number of aliphatic hydroxyl groups is 1. The number of Topliss-reactive ketones (excluding diaryl/α,β-unsaturated/α-hetero) is 1. The highest BCUT2D eigenvalue weighted by Crippen LogP contribution is 2.15.